The molecule has 6 heteroatoms. The van der Waals surface area contributed by atoms with Gasteiger partial charge in [-0.2, -0.15) is 5.26 Å². The number of nitrogens with one attached hydrogen (secondary N) is 1. The van der Waals surface area contributed by atoms with E-state index in [4.69, 9.17) is 4.74 Å². The molecule has 1 aliphatic carbocycles. The van der Waals surface area contributed by atoms with Crippen LogP contribution in [0, 0.1) is 23.2 Å². The van der Waals surface area contributed by atoms with Crippen molar-refractivity contribution in [3.63, 3.8) is 0 Å². The summed E-state index contributed by atoms with van der Waals surface area (Å²) in [4.78, 5) is 20.9. The van der Waals surface area contributed by atoms with Crippen molar-refractivity contribution in [2.45, 2.75) is 19.3 Å². The van der Waals surface area contributed by atoms with Crippen molar-refractivity contribution in [1.29, 1.82) is 5.26 Å². The SMILES string of the molecule is COC(=O)[C@H](C#N)c1nc2ccccc2nc1NC[C@H]1C[C@@H]1C. The van der Waals surface area contributed by atoms with Gasteiger partial charge in [0.1, 0.15) is 5.69 Å². The summed E-state index contributed by atoms with van der Waals surface area (Å²) in [5, 5.41) is 12.6. The maximum Gasteiger partial charge on any atom is 0.329 e. The summed E-state index contributed by atoms with van der Waals surface area (Å²) < 4.78 is 4.72. The zero-order valence-electron chi connectivity index (χ0n) is 13.1. The van der Waals surface area contributed by atoms with Crippen LogP contribution >= 0.6 is 0 Å². The molecule has 1 aromatic carbocycles. The summed E-state index contributed by atoms with van der Waals surface area (Å²) in [6, 6.07) is 9.36. The summed E-state index contributed by atoms with van der Waals surface area (Å²) in [6.45, 7) is 2.96. The lowest BCUT2D eigenvalue weighted by molar-refractivity contribution is -0.141. The van der Waals surface area contributed by atoms with E-state index in [1.54, 1.807) is 0 Å². The molecular weight excluding hydrogens is 292 g/mol. The molecule has 3 atom stereocenters. The second kappa shape index (κ2) is 6.21. The van der Waals surface area contributed by atoms with Crippen LogP contribution in [0.3, 0.4) is 0 Å². The summed E-state index contributed by atoms with van der Waals surface area (Å²) in [5.41, 5.74) is 1.70. The molecule has 1 heterocycles. The van der Waals surface area contributed by atoms with Gasteiger partial charge in [-0.1, -0.05) is 19.1 Å². The van der Waals surface area contributed by atoms with E-state index in [0.717, 1.165) is 12.1 Å². The highest BCUT2D eigenvalue weighted by molar-refractivity contribution is 5.84. The number of carbonyl (C=O) groups excluding carboxylic acids is 1. The fraction of sp³-hybridized carbons (Fsp3) is 0.412. The van der Waals surface area contributed by atoms with Crippen LogP contribution in [0.2, 0.25) is 0 Å². The van der Waals surface area contributed by atoms with Crippen LogP contribution in [-0.4, -0.2) is 29.6 Å². The predicted octanol–water partition coefficient (Wildman–Crippen LogP) is 2.48. The maximum absolute atomic E-state index is 11.9. The fourth-order valence-electron chi connectivity index (χ4n) is 2.60. The van der Waals surface area contributed by atoms with Gasteiger partial charge in [-0.15, -0.1) is 0 Å². The quantitative estimate of drug-likeness (QED) is 0.854. The van der Waals surface area contributed by atoms with E-state index in [2.05, 4.69) is 22.2 Å². The summed E-state index contributed by atoms with van der Waals surface area (Å²) in [6.07, 6.45) is 1.18. The smallest absolute Gasteiger partial charge is 0.329 e. The van der Waals surface area contributed by atoms with Crippen LogP contribution < -0.4 is 5.32 Å². The molecule has 1 fully saturated rings. The molecule has 1 aliphatic rings. The number of benzene rings is 1. The van der Waals surface area contributed by atoms with Gasteiger partial charge in [0.05, 0.1) is 24.2 Å². The van der Waals surface area contributed by atoms with E-state index in [0.29, 0.717) is 28.9 Å². The third-order valence-electron chi connectivity index (χ3n) is 4.24. The zero-order valence-corrected chi connectivity index (χ0v) is 13.1. The van der Waals surface area contributed by atoms with Crippen LogP contribution in [-0.2, 0) is 9.53 Å². The number of rotatable bonds is 5. The first kappa shape index (κ1) is 15.2. The lowest BCUT2D eigenvalue weighted by atomic mass is 10.1. The highest BCUT2D eigenvalue weighted by Crippen LogP contribution is 2.38. The predicted molar refractivity (Wildman–Crippen MR) is 85.7 cm³/mol. The standard InChI is InChI=1S/C17H18N4O2/c1-10-7-11(10)9-19-16-15(12(8-18)17(22)23-2)20-13-5-3-4-6-14(13)21-16/h3-6,10-12H,7,9H2,1-2H3,(H,19,21)/t10-,11+,12+/m0/s1. The van der Waals surface area contributed by atoms with E-state index in [-0.39, 0.29) is 0 Å². The van der Waals surface area contributed by atoms with Gasteiger partial charge in [-0.25, -0.2) is 9.97 Å². The second-order valence-corrected chi connectivity index (χ2v) is 5.89. The first-order chi connectivity index (χ1) is 11.1. The normalized spacial score (nSPS) is 20.6. The van der Waals surface area contributed by atoms with E-state index >= 15 is 0 Å². The van der Waals surface area contributed by atoms with Crippen molar-refractivity contribution in [2.75, 3.05) is 19.0 Å². The molecule has 1 N–H and O–H groups in total. The Morgan fingerprint density at radius 2 is 2.09 bits per heavy atom. The number of ether oxygens (including phenoxy) is 1. The maximum atomic E-state index is 11.9. The van der Waals surface area contributed by atoms with Gasteiger partial charge in [-0.05, 0) is 30.4 Å². The number of hydrogen-bond acceptors (Lipinski definition) is 6. The number of anilines is 1. The Labute approximate surface area is 134 Å². The highest BCUT2D eigenvalue weighted by Gasteiger charge is 2.33. The van der Waals surface area contributed by atoms with Gasteiger partial charge < -0.3 is 10.1 Å². The topological polar surface area (TPSA) is 87.9 Å². The Bertz CT molecular complexity index is 784. The number of fused-ring (bicyclic) bond motifs is 1. The minimum Gasteiger partial charge on any atom is -0.468 e. The van der Waals surface area contributed by atoms with Crippen molar-refractivity contribution in [3.8, 4) is 6.07 Å². The molecule has 0 aliphatic heterocycles. The van der Waals surface area contributed by atoms with Gasteiger partial charge in [0.15, 0.2) is 11.7 Å². The first-order valence-electron chi connectivity index (χ1n) is 7.62. The average Bonchev–Trinajstić information content (AvgIpc) is 3.28. The number of carbonyl (C=O) groups is 1. The Kier molecular flexibility index (Phi) is 4.11. The summed E-state index contributed by atoms with van der Waals surface area (Å²) >= 11 is 0. The van der Waals surface area contributed by atoms with Crippen LogP contribution in [0.5, 0.6) is 0 Å². The molecule has 0 spiro atoms. The molecule has 3 rings (SSSR count). The summed E-state index contributed by atoms with van der Waals surface area (Å²) in [5.74, 6) is 0.0809. The molecular formula is C17H18N4O2. The molecule has 0 saturated heterocycles. The molecule has 23 heavy (non-hydrogen) atoms. The molecule has 0 unspecified atom stereocenters. The Morgan fingerprint density at radius 3 is 2.65 bits per heavy atom. The third kappa shape index (κ3) is 3.09. The largest absolute Gasteiger partial charge is 0.468 e. The Morgan fingerprint density at radius 1 is 1.43 bits per heavy atom. The molecule has 1 aromatic heterocycles. The van der Waals surface area contributed by atoms with Crippen LogP contribution in [0.25, 0.3) is 11.0 Å². The first-order valence-corrected chi connectivity index (χ1v) is 7.62. The number of nitriles is 1. The number of para-hydroxylation sites is 2. The van der Waals surface area contributed by atoms with Crippen molar-refractivity contribution in [2.24, 2.45) is 11.8 Å². The summed E-state index contributed by atoms with van der Waals surface area (Å²) in [7, 11) is 1.26. The van der Waals surface area contributed by atoms with Crippen LogP contribution in [0.1, 0.15) is 25.0 Å². The number of nitrogens with zero attached hydrogens (tertiary/aromatic N) is 3. The van der Waals surface area contributed by atoms with Gasteiger partial charge >= 0.3 is 5.97 Å². The second-order valence-electron chi connectivity index (χ2n) is 5.89. The molecule has 0 bridgehead atoms. The number of esters is 1. The highest BCUT2D eigenvalue weighted by atomic mass is 16.5. The van der Waals surface area contributed by atoms with Crippen LogP contribution in [0.4, 0.5) is 5.82 Å². The minimum atomic E-state index is -1.09. The molecule has 0 radical (unpaired) electrons. The van der Waals surface area contributed by atoms with E-state index in [1.807, 2.05) is 30.3 Å². The Balaban J connectivity index is 2.01. The van der Waals surface area contributed by atoms with Crippen molar-refractivity contribution in [3.05, 3.63) is 30.0 Å². The number of methoxy groups -OCH3 is 1. The van der Waals surface area contributed by atoms with E-state index in [9.17, 15) is 10.1 Å². The molecule has 2 aromatic rings. The number of aromatic nitrogens is 2. The molecule has 6 nitrogen and oxygen atoms in total. The lowest BCUT2D eigenvalue weighted by Crippen LogP contribution is -2.18. The van der Waals surface area contributed by atoms with Crippen molar-refractivity contribution < 1.29 is 9.53 Å². The Hall–Kier alpha value is -2.68. The van der Waals surface area contributed by atoms with Crippen molar-refractivity contribution in [1.82, 2.24) is 9.97 Å². The minimum absolute atomic E-state index is 0.325. The third-order valence-corrected chi connectivity index (χ3v) is 4.24. The molecule has 0 amide bonds. The monoisotopic (exact) mass is 310 g/mol. The zero-order chi connectivity index (χ0) is 16.4. The fourth-order valence-corrected chi connectivity index (χ4v) is 2.60. The van der Waals surface area contributed by atoms with E-state index in [1.165, 1.54) is 13.5 Å². The number of hydrogen-bond donors (Lipinski definition) is 1. The van der Waals surface area contributed by atoms with E-state index < -0.39 is 11.9 Å². The molecule has 118 valence electrons. The van der Waals surface area contributed by atoms with Gasteiger partial charge in [-0.3, -0.25) is 4.79 Å². The molecule has 1 saturated carbocycles. The van der Waals surface area contributed by atoms with Gasteiger partial charge in [0, 0.05) is 6.54 Å². The lowest BCUT2D eigenvalue weighted by Gasteiger charge is -2.14. The average molecular weight is 310 g/mol. The van der Waals surface area contributed by atoms with Crippen LogP contribution in [0.15, 0.2) is 24.3 Å². The van der Waals surface area contributed by atoms with Gasteiger partial charge in [0.2, 0.25) is 0 Å². The van der Waals surface area contributed by atoms with Crippen molar-refractivity contribution >= 4 is 22.8 Å². The van der Waals surface area contributed by atoms with Gasteiger partial charge in [0.25, 0.3) is 0 Å².